The predicted octanol–water partition coefficient (Wildman–Crippen LogP) is 1.82. The van der Waals surface area contributed by atoms with Crippen molar-refractivity contribution >= 4 is 39.3 Å². The van der Waals surface area contributed by atoms with E-state index in [-0.39, 0.29) is 0 Å². The van der Waals surface area contributed by atoms with Crippen LogP contribution in [0.1, 0.15) is 0 Å². The minimum absolute atomic E-state index is 0.705. The summed E-state index contributed by atoms with van der Waals surface area (Å²) < 4.78 is 1.02. The Kier molecular flexibility index (Phi) is 1.84. The van der Waals surface area contributed by atoms with E-state index in [1.54, 1.807) is 12.4 Å². The zero-order valence-electron chi connectivity index (χ0n) is 6.16. The molecule has 0 aliphatic carbocycles. The van der Waals surface area contributed by atoms with Gasteiger partial charge in [0, 0.05) is 15.2 Å². The Labute approximate surface area is 83.2 Å². The maximum absolute atomic E-state index is 5.69. The number of halogens is 1. The Morgan fingerprint density at radius 1 is 1.33 bits per heavy atom. The maximum Gasteiger partial charge on any atom is 0.160 e. The van der Waals surface area contributed by atoms with Crippen molar-refractivity contribution in [1.82, 2.24) is 9.97 Å². The largest absolute Gasteiger partial charge is 0.397 e. The Bertz CT molecular complexity index is 428. The lowest BCUT2D eigenvalue weighted by Crippen LogP contribution is -1.93. The van der Waals surface area contributed by atoms with Gasteiger partial charge in [0.15, 0.2) is 5.65 Å². The van der Waals surface area contributed by atoms with E-state index >= 15 is 0 Å². The molecule has 3 nitrogen and oxygen atoms in total. The lowest BCUT2D eigenvalue weighted by Gasteiger charge is -2.00. The second kappa shape index (κ2) is 2.85. The van der Waals surface area contributed by atoms with E-state index in [4.69, 9.17) is 5.73 Å². The van der Waals surface area contributed by atoms with Gasteiger partial charge in [0.25, 0.3) is 0 Å². The second-order valence-corrected chi connectivity index (χ2v) is 3.48. The first-order chi connectivity index (χ1) is 5.79. The number of nitrogens with zero attached hydrogens (tertiary/aromatic N) is 2. The third-order valence-electron chi connectivity index (χ3n) is 1.60. The normalized spacial score (nSPS) is 10.4. The average molecular weight is 271 g/mol. The summed E-state index contributed by atoms with van der Waals surface area (Å²) >= 11 is 2.20. The van der Waals surface area contributed by atoms with Crippen molar-refractivity contribution in [3.63, 3.8) is 0 Å². The summed E-state index contributed by atoms with van der Waals surface area (Å²) in [5, 5.41) is 1.01. The fraction of sp³-hybridized carbons (Fsp3) is 0. The topological polar surface area (TPSA) is 51.8 Å². The molecule has 0 amide bonds. The van der Waals surface area contributed by atoms with Crippen molar-refractivity contribution < 1.29 is 0 Å². The molecule has 60 valence electrons. The molecule has 0 aliphatic rings. The van der Waals surface area contributed by atoms with Gasteiger partial charge in [0.05, 0.1) is 11.9 Å². The van der Waals surface area contributed by atoms with Gasteiger partial charge < -0.3 is 5.73 Å². The fourth-order valence-corrected chi connectivity index (χ4v) is 1.57. The number of hydrogen-bond donors (Lipinski definition) is 1. The summed E-state index contributed by atoms with van der Waals surface area (Å²) in [6.07, 6.45) is 3.36. The van der Waals surface area contributed by atoms with Crippen LogP contribution in [0.5, 0.6) is 0 Å². The zero-order chi connectivity index (χ0) is 8.55. The molecule has 0 bridgehead atoms. The predicted molar refractivity (Wildman–Crippen MR) is 56.7 cm³/mol. The fourth-order valence-electron chi connectivity index (χ4n) is 1.01. The molecule has 0 aromatic carbocycles. The Morgan fingerprint density at radius 3 is 3.00 bits per heavy atom. The van der Waals surface area contributed by atoms with E-state index in [1.165, 1.54) is 0 Å². The summed E-state index contributed by atoms with van der Waals surface area (Å²) in [7, 11) is 0. The zero-order valence-corrected chi connectivity index (χ0v) is 8.32. The van der Waals surface area contributed by atoms with Crippen molar-refractivity contribution in [3.05, 3.63) is 28.1 Å². The van der Waals surface area contributed by atoms with Crippen molar-refractivity contribution in [2.75, 3.05) is 5.73 Å². The highest BCUT2D eigenvalue weighted by atomic mass is 127. The molecule has 2 N–H and O–H groups in total. The van der Waals surface area contributed by atoms with Gasteiger partial charge in [-0.05, 0) is 34.7 Å². The van der Waals surface area contributed by atoms with Crippen LogP contribution >= 0.6 is 22.6 Å². The van der Waals surface area contributed by atoms with E-state index < -0.39 is 0 Å². The first-order valence-corrected chi connectivity index (χ1v) is 4.51. The standard InChI is InChI=1S/C8H6IN3/c9-7-5-2-1-3-11-8(5)12-4-6(7)10/h1-4H,10H2. The summed E-state index contributed by atoms with van der Waals surface area (Å²) in [5.74, 6) is 0. The van der Waals surface area contributed by atoms with Gasteiger partial charge in [-0.3, -0.25) is 0 Å². The molecule has 2 heterocycles. The summed E-state index contributed by atoms with van der Waals surface area (Å²) in [5.41, 5.74) is 7.14. The molecule has 0 unspecified atom stereocenters. The van der Waals surface area contributed by atoms with Crippen LogP contribution in [0.3, 0.4) is 0 Å². The minimum atomic E-state index is 0.705. The van der Waals surface area contributed by atoms with E-state index in [2.05, 4.69) is 32.6 Å². The lowest BCUT2D eigenvalue weighted by molar-refractivity contribution is 1.28. The van der Waals surface area contributed by atoms with Gasteiger partial charge >= 0.3 is 0 Å². The monoisotopic (exact) mass is 271 g/mol. The number of fused-ring (bicyclic) bond motifs is 1. The van der Waals surface area contributed by atoms with Crippen molar-refractivity contribution in [2.24, 2.45) is 0 Å². The van der Waals surface area contributed by atoms with Gasteiger partial charge in [-0.25, -0.2) is 9.97 Å². The van der Waals surface area contributed by atoms with Crippen molar-refractivity contribution in [2.45, 2.75) is 0 Å². The minimum Gasteiger partial charge on any atom is -0.397 e. The Hall–Kier alpha value is -0.910. The number of rotatable bonds is 0. The number of aromatic nitrogens is 2. The van der Waals surface area contributed by atoms with Crippen LogP contribution in [0.4, 0.5) is 5.69 Å². The SMILES string of the molecule is Nc1cnc2ncccc2c1I. The van der Waals surface area contributed by atoms with Gasteiger partial charge in [0.2, 0.25) is 0 Å². The summed E-state index contributed by atoms with van der Waals surface area (Å²) in [6.45, 7) is 0. The molecule has 12 heavy (non-hydrogen) atoms. The van der Waals surface area contributed by atoms with Gasteiger partial charge in [-0.1, -0.05) is 0 Å². The van der Waals surface area contributed by atoms with E-state index in [9.17, 15) is 0 Å². The van der Waals surface area contributed by atoms with Crippen LogP contribution in [0.2, 0.25) is 0 Å². The molecule has 2 rings (SSSR count). The van der Waals surface area contributed by atoms with Crippen LogP contribution in [-0.4, -0.2) is 9.97 Å². The van der Waals surface area contributed by atoms with Crippen LogP contribution in [0.25, 0.3) is 11.0 Å². The van der Waals surface area contributed by atoms with E-state index in [1.807, 2.05) is 12.1 Å². The van der Waals surface area contributed by atoms with E-state index in [0.717, 1.165) is 14.6 Å². The number of nitrogen functional groups attached to an aromatic ring is 1. The van der Waals surface area contributed by atoms with Gasteiger partial charge in [0.1, 0.15) is 0 Å². The molecule has 0 aliphatic heterocycles. The number of pyridine rings is 2. The summed E-state index contributed by atoms with van der Waals surface area (Å²) in [6, 6.07) is 3.85. The summed E-state index contributed by atoms with van der Waals surface area (Å²) in [4.78, 5) is 8.21. The molecule has 0 saturated heterocycles. The van der Waals surface area contributed by atoms with Crippen LogP contribution in [0.15, 0.2) is 24.5 Å². The number of hydrogen-bond acceptors (Lipinski definition) is 3. The number of anilines is 1. The second-order valence-electron chi connectivity index (χ2n) is 2.40. The van der Waals surface area contributed by atoms with E-state index in [0.29, 0.717) is 5.69 Å². The maximum atomic E-state index is 5.69. The first kappa shape index (κ1) is 7.72. The van der Waals surface area contributed by atoms with Gasteiger partial charge in [-0.2, -0.15) is 0 Å². The smallest absolute Gasteiger partial charge is 0.160 e. The molecular weight excluding hydrogens is 265 g/mol. The molecule has 4 heteroatoms. The molecule has 0 atom stereocenters. The average Bonchev–Trinajstić information content (AvgIpc) is 2.12. The van der Waals surface area contributed by atoms with Crippen LogP contribution < -0.4 is 5.73 Å². The van der Waals surface area contributed by atoms with Crippen LogP contribution in [-0.2, 0) is 0 Å². The molecular formula is C8H6IN3. The Morgan fingerprint density at radius 2 is 2.17 bits per heavy atom. The first-order valence-electron chi connectivity index (χ1n) is 3.44. The quantitative estimate of drug-likeness (QED) is 0.743. The molecule has 2 aromatic rings. The molecule has 0 radical (unpaired) electrons. The molecule has 0 saturated carbocycles. The van der Waals surface area contributed by atoms with Gasteiger partial charge in [-0.15, -0.1) is 0 Å². The highest BCUT2D eigenvalue weighted by Crippen LogP contribution is 2.21. The molecule has 0 spiro atoms. The molecule has 2 aromatic heterocycles. The van der Waals surface area contributed by atoms with Crippen molar-refractivity contribution in [1.29, 1.82) is 0 Å². The highest BCUT2D eigenvalue weighted by molar-refractivity contribution is 14.1. The third-order valence-corrected chi connectivity index (χ3v) is 2.81. The Balaban J connectivity index is 2.91. The van der Waals surface area contributed by atoms with Crippen LogP contribution in [0, 0.1) is 3.57 Å². The molecule has 0 fully saturated rings. The van der Waals surface area contributed by atoms with Crippen molar-refractivity contribution in [3.8, 4) is 0 Å². The lowest BCUT2D eigenvalue weighted by atomic mass is 10.3. The highest BCUT2D eigenvalue weighted by Gasteiger charge is 2.02. The third kappa shape index (κ3) is 1.12. The number of nitrogens with two attached hydrogens (primary N) is 1.